The number of hydrogen-bond acceptors (Lipinski definition) is 4. The lowest BCUT2D eigenvalue weighted by molar-refractivity contribution is -0.140. The largest absolute Gasteiger partial charge is 0.352 e. The number of carbonyl (C=O) groups excluding carboxylic acids is 2. The molecule has 2 amide bonds. The molecular weight excluding hydrogens is 558 g/mol. The minimum atomic E-state index is -4.12. The first-order chi connectivity index (χ1) is 20.6. The quantitative estimate of drug-likeness (QED) is 0.228. The summed E-state index contributed by atoms with van der Waals surface area (Å²) in [5.74, 6) is -0.780. The predicted molar refractivity (Wildman–Crippen MR) is 171 cm³/mol. The number of nitrogens with one attached hydrogen (secondary N) is 1. The third-order valence-corrected chi connectivity index (χ3v) is 8.91. The number of nitrogens with zero attached hydrogens (tertiary/aromatic N) is 2. The van der Waals surface area contributed by atoms with Crippen molar-refractivity contribution in [3.05, 3.63) is 131 Å². The first-order valence-corrected chi connectivity index (χ1v) is 15.8. The Morgan fingerprint density at radius 3 is 2.00 bits per heavy atom. The van der Waals surface area contributed by atoms with Crippen LogP contribution >= 0.6 is 0 Å². The van der Waals surface area contributed by atoms with E-state index < -0.39 is 28.5 Å². The molecule has 0 fully saturated rings. The van der Waals surface area contributed by atoms with Crippen LogP contribution in [0.15, 0.2) is 114 Å². The van der Waals surface area contributed by atoms with Crippen LogP contribution in [0.25, 0.3) is 0 Å². The molecule has 1 atom stereocenters. The summed E-state index contributed by atoms with van der Waals surface area (Å²) < 4.78 is 29.3. The van der Waals surface area contributed by atoms with E-state index in [1.165, 1.54) is 17.0 Å². The van der Waals surface area contributed by atoms with Gasteiger partial charge < -0.3 is 10.2 Å². The Morgan fingerprint density at radius 1 is 0.767 bits per heavy atom. The molecule has 4 rings (SSSR count). The van der Waals surface area contributed by atoms with Crippen molar-refractivity contribution in [3.8, 4) is 0 Å². The number of benzene rings is 4. The maximum absolute atomic E-state index is 14.5. The van der Waals surface area contributed by atoms with Crippen molar-refractivity contribution in [1.82, 2.24) is 10.2 Å². The fraction of sp³-hybridized carbons (Fsp3) is 0.257. The Balaban J connectivity index is 1.81. The van der Waals surface area contributed by atoms with E-state index in [4.69, 9.17) is 0 Å². The standard InChI is InChI=1S/C35H39N3O4S/c1-26(2)36-35(40)33(23-29-16-7-5-8-17-29)37(24-30-18-13-14-27(3)22-30)34(39)25-38(32-21-12-11-15-28(32)4)43(41,42)31-19-9-6-10-20-31/h5-22,26,33H,23-25H2,1-4H3,(H,36,40)/t33-/m0/s1. The van der Waals surface area contributed by atoms with Gasteiger partial charge in [-0.2, -0.15) is 0 Å². The summed E-state index contributed by atoms with van der Waals surface area (Å²) in [7, 11) is -4.12. The molecule has 0 bridgehead atoms. The summed E-state index contributed by atoms with van der Waals surface area (Å²) in [6.07, 6.45) is 0.271. The second kappa shape index (κ2) is 14.2. The van der Waals surface area contributed by atoms with Gasteiger partial charge in [-0.1, -0.05) is 96.6 Å². The average Bonchev–Trinajstić information content (AvgIpc) is 2.98. The Bertz CT molecular complexity index is 1640. The molecule has 4 aromatic carbocycles. The number of hydrogen-bond donors (Lipinski definition) is 1. The van der Waals surface area contributed by atoms with Crippen LogP contribution in [0.4, 0.5) is 5.69 Å². The molecule has 0 saturated heterocycles. The molecular formula is C35H39N3O4S. The first kappa shape index (κ1) is 31.5. The highest BCUT2D eigenvalue weighted by Crippen LogP contribution is 2.27. The second-order valence-electron chi connectivity index (χ2n) is 11.0. The van der Waals surface area contributed by atoms with Crippen LogP contribution < -0.4 is 9.62 Å². The van der Waals surface area contributed by atoms with Crippen LogP contribution in [0.1, 0.15) is 36.1 Å². The van der Waals surface area contributed by atoms with Gasteiger partial charge in [-0.05, 0) is 62.6 Å². The van der Waals surface area contributed by atoms with Gasteiger partial charge >= 0.3 is 0 Å². The molecule has 43 heavy (non-hydrogen) atoms. The van der Waals surface area contributed by atoms with Crippen molar-refractivity contribution in [1.29, 1.82) is 0 Å². The van der Waals surface area contributed by atoms with Crippen molar-refractivity contribution < 1.29 is 18.0 Å². The summed E-state index contributed by atoms with van der Waals surface area (Å²) in [5.41, 5.74) is 3.86. The normalized spacial score (nSPS) is 12.0. The number of sulfonamides is 1. The van der Waals surface area contributed by atoms with E-state index in [-0.39, 0.29) is 29.8 Å². The molecule has 0 aliphatic carbocycles. The molecule has 8 heteroatoms. The van der Waals surface area contributed by atoms with Gasteiger partial charge in [0, 0.05) is 19.0 Å². The van der Waals surface area contributed by atoms with Crippen molar-refractivity contribution in [3.63, 3.8) is 0 Å². The molecule has 0 radical (unpaired) electrons. The van der Waals surface area contributed by atoms with Crippen molar-refractivity contribution in [2.75, 3.05) is 10.8 Å². The number of anilines is 1. The molecule has 7 nitrogen and oxygen atoms in total. The second-order valence-corrected chi connectivity index (χ2v) is 12.9. The third-order valence-electron chi connectivity index (χ3n) is 7.13. The maximum Gasteiger partial charge on any atom is 0.264 e. The van der Waals surface area contributed by atoms with Crippen molar-refractivity contribution >= 4 is 27.5 Å². The van der Waals surface area contributed by atoms with Crippen molar-refractivity contribution in [2.24, 2.45) is 0 Å². The molecule has 0 spiro atoms. The zero-order valence-corrected chi connectivity index (χ0v) is 25.9. The average molecular weight is 598 g/mol. The van der Waals surface area contributed by atoms with Gasteiger partial charge in [-0.3, -0.25) is 13.9 Å². The van der Waals surface area contributed by atoms with E-state index in [1.54, 1.807) is 30.3 Å². The highest BCUT2D eigenvalue weighted by atomic mass is 32.2. The number of amides is 2. The molecule has 1 N–H and O–H groups in total. The van der Waals surface area contributed by atoms with Gasteiger partial charge in [0.25, 0.3) is 10.0 Å². The number of carbonyl (C=O) groups is 2. The van der Waals surface area contributed by atoms with Gasteiger partial charge in [0.05, 0.1) is 10.6 Å². The molecule has 224 valence electrons. The monoisotopic (exact) mass is 597 g/mol. The van der Waals surface area contributed by atoms with Gasteiger partial charge in [0.1, 0.15) is 12.6 Å². The first-order valence-electron chi connectivity index (χ1n) is 14.4. The topological polar surface area (TPSA) is 86.8 Å². The fourth-order valence-electron chi connectivity index (χ4n) is 5.02. The van der Waals surface area contributed by atoms with E-state index >= 15 is 0 Å². The predicted octanol–water partition coefficient (Wildman–Crippen LogP) is 5.66. The highest BCUT2D eigenvalue weighted by Gasteiger charge is 2.35. The fourth-order valence-corrected chi connectivity index (χ4v) is 6.52. The Morgan fingerprint density at radius 2 is 1.37 bits per heavy atom. The summed E-state index contributed by atoms with van der Waals surface area (Å²) in [6, 6.07) is 31.4. The number of rotatable bonds is 12. The lowest BCUT2D eigenvalue weighted by Gasteiger charge is -2.34. The van der Waals surface area contributed by atoms with Gasteiger partial charge in [-0.25, -0.2) is 8.42 Å². The molecule has 0 heterocycles. The zero-order chi connectivity index (χ0) is 31.0. The number of para-hydroxylation sites is 1. The minimum absolute atomic E-state index is 0.0784. The van der Waals surface area contributed by atoms with Crippen LogP contribution in [0.2, 0.25) is 0 Å². The van der Waals surface area contributed by atoms with E-state index in [0.29, 0.717) is 11.3 Å². The van der Waals surface area contributed by atoms with E-state index in [9.17, 15) is 18.0 Å². The molecule has 0 aromatic heterocycles. The zero-order valence-electron chi connectivity index (χ0n) is 25.1. The highest BCUT2D eigenvalue weighted by molar-refractivity contribution is 7.92. The van der Waals surface area contributed by atoms with Crippen LogP contribution in [0.5, 0.6) is 0 Å². The molecule has 0 unspecified atom stereocenters. The van der Waals surface area contributed by atoms with Crippen LogP contribution in [0, 0.1) is 13.8 Å². The number of aryl methyl sites for hydroxylation is 2. The van der Waals surface area contributed by atoms with Crippen LogP contribution in [-0.4, -0.2) is 43.8 Å². The Hall–Kier alpha value is -4.43. The Labute approximate surface area is 255 Å². The van der Waals surface area contributed by atoms with Gasteiger partial charge in [0.2, 0.25) is 11.8 Å². The third kappa shape index (κ3) is 8.11. The summed E-state index contributed by atoms with van der Waals surface area (Å²) in [6.45, 7) is 7.18. The molecule has 4 aromatic rings. The van der Waals surface area contributed by atoms with Crippen LogP contribution in [-0.2, 0) is 32.6 Å². The van der Waals surface area contributed by atoms with E-state index in [2.05, 4.69) is 5.32 Å². The van der Waals surface area contributed by atoms with E-state index in [0.717, 1.165) is 21.0 Å². The lowest BCUT2D eigenvalue weighted by atomic mass is 10.0. The van der Waals surface area contributed by atoms with Gasteiger partial charge in [-0.15, -0.1) is 0 Å². The molecule has 0 aliphatic heterocycles. The van der Waals surface area contributed by atoms with Gasteiger partial charge in [0.15, 0.2) is 0 Å². The molecule has 0 saturated carbocycles. The summed E-state index contributed by atoms with van der Waals surface area (Å²) in [4.78, 5) is 29.8. The smallest absolute Gasteiger partial charge is 0.264 e. The SMILES string of the molecule is Cc1cccc(CN(C(=O)CN(c2ccccc2C)S(=O)(=O)c2ccccc2)[C@@H](Cc2ccccc2)C(=O)NC(C)C)c1. The Kier molecular flexibility index (Phi) is 10.4. The minimum Gasteiger partial charge on any atom is -0.352 e. The summed E-state index contributed by atoms with van der Waals surface area (Å²) in [5, 5.41) is 2.98. The van der Waals surface area contributed by atoms with Crippen LogP contribution in [0.3, 0.4) is 0 Å². The maximum atomic E-state index is 14.5. The summed E-state index contributed by atoms with van der Waals surface area (Å²) >= 11 is 0. The lowest BCUT2D eigenvalue weighted by Crippen LogP contribution is -2.54. The molecule has 0 aliphatic rings. The van der Waals surface area contributed by atoms with E-state index in [1.807, 2.05) is 94.4 Å². The van der Waals surface area contributed by atoms with Crippen molar-refractivity contribution in [2.45, 2.75) is 57.6 Å².